The number of hydrogen-bond acceptors (Lipinski definition) is 4. The normalized spacial score (nSPS) is 30.3. The Kier molecular flexibility index (Phi) is 3.70. The highest BCUT2D eigenvalue weighted by Gasteiger charge is 2.29. The van der Waals surface area contributed by atoms with Crippen LogP contribution in [0.15, 0.2) is 0 Å². The van der Waals surface area contributed by atoms with Crippen molar-refractivity contribution in [1.82, 2.24) is 0 Å². The van der Waals surface area contributed by atoms with Gasteiger partial charge < -0.3 is 10.8 Å². The second-order valence-corrected chi connectivity index (χ2v) is 6.04. The molecule has 1 fully saturated rings. The lowest BCUT2D eigenvalue weighted by Gasteiger charge is -2.26. The van der Waals surface area contributed by atoms with Crippen molar-refractivity contribution in [2.75, 3.05) is 12.4 Å². The Morgan fingerprint density at radius 3 is 2.62 bits per heavy atom. The van der Waals surface area contributed by atoms with Gasteiger partial charge in [-0.15, -0.1) is 0 Å². The largest absolute Gasteiger partial charge is 0.395 e. The Labute approximate surface area is 79.0 Å². The minimum absolute atomic E-state index is 0.0206. The summed E-state index contributed by atoms with van der Waals surface area (Å²) in [5.41, 5.74) is 5.69. The van der Waals surface area contributed by atoms with Gasteiger partial charge in [0.15, 0.2) is 9.84 Å². The Hall–Kier alpha value is -0.130. The number of sulfone groups is 1. The molecule has 1 aliphatic rings. The van der Waals surface area contributed by atoms with E-state index >= 15 is 0 Å². The lowest BCUT2D eigenvalue weighted by Crippen LogP contribution is -2.36. The van der Waals surface area contributed by atoms with Gasteiger partial charge in [0.25, 0.3) is 0 Å². The van der Waals surface area contributed by atoms with E-state index in [1.165, 1.54) is 0 Å². The number of hydrogen-bond donors (Lipinski definition) is 2. The molecule has 2 unspecified atom stereocenters. The van der Waals surface area contributed by atoms with Crippen LogP contribution in [0.4, 0.5) is 0 Å². The van der Waals surface area contributed by atoms with E-state index in [2.05, 4.69) is 0 Å². The van der Waals surface area contributed by atoms with Crippen molar-refractivity contribution in [3.8, 4) is 0 Å². The summed E-state index contributed by atoms with van der Waals surface area (Å²) < 4.78 is 23.0. The summed E-state index contributed by atoms with van der Waals surface area (Å²) in [4.78, 5) is 0. The van der Waals surface area contributed by atoms with Gasteiger partial charge in [-0.1, -0.05) is 6.42 Å². The molecule has 0 aliphatic heterocycles. The van der Waals surface area contributed by atoms with E-state index in [0.717, 1.165) is 12.8 Å². The molecule has 0 heterocycles. The Bertz CT molecular complexity index is 250. The van der Waals surface area contributed by atoms with Crippen molar-refractivity contribution in [2.24, 2.45) is 5.73 Å². The molecule has 0 saturated heterocycles. The van der Waals surface area contributed by atoms with Crippen LogP contribution in [0.1, 0.15) is 25.7 Å². The van der Waals surface area contributed by atoms with Crippen molar-refractivity contribution < 1.29 is 13.5 Å². The fourth-order valence-corrected chi connectivity index (χ4v) is 3.46. The molecule has 0 radical (unpaired) electrons. The molecule has 0 bridgehead atoms. The first kappa shape index (κ1) is 10.9. The first-order valence-corrected chi connectivity index (χ1v) is 6.36. The highest BCUT2D eigenvalue weighted by atomic mass is 32.2. The van der Waals surface area contributed by atoms with Gasteiger partial charge in [0.1, 0.15) is 0 Å². The second-order valence-electron chi connectivity index (χ2n) is 3.64. The average Bonchev–Trinajstić information content (AvgIpc) is 2.04. The van der Waals surface area contributed by atoms with Crippen LogP contribution < -0.4 is 5.73 Å². The van der Waals surface area contributed by atoms with Crippen molar-refractivity contribution in [1.29, 1.82) is 0 Å². The molecule has 0 aromatic carbocycles. The number of nitrogens with two attached hydrogens (primary N) is 1. The Morgan fingerprint density at radius 1 is 1.38 bits per heavy atom. The van der Waals surface area contributed by atoms with Crippen LogP contribution >= 0.6 is 0 Å². The molecule has 1 rings (SSSR count). The molecule has 4 nitrogen and oxygen atoms in total. The second kappa shape index (κ2) is 4.39. The van der Waals surface area contributed by atoms with Crippen LogP contribution in [0, 0.1) is 0 Å². The molecule has 2 atom stereocenters. The molecular weight excluding hydrogens is 190 g/mol. The standard InChI is InChI=1S/C8H17NO3S/c9-7-2-1-3-8(6-7)13(11,12)5-4-10/h7-8,10H,1-6,9H2. The smallest absolute Gasteiger partial charge is 0.155 e. The zero-order valence-corrected chi connectivity index (χ0v) is 8.46. The highest BCUT2D eigenvalue weighted by molar-refractivity contribution is 7.92. The lowest BCUT2D eigenvalue weighted by molar-refractivity contribution is 0.318. The van der Waals surface area contributed by atoms with Gasteiger partial charge in [-0.25, -0.2) is 8.42 Å². The third-order valence-electron chi connectivity index (χ3n) is 2.55. The van der Waals surface area contributed by atoms with Gasteiger partial charge in [-0.05, 0) is 19.3 Å². The summed E-state index contributed by atoms with van der Waals surface area (Å²) in [6, 6.07) is 0.0206. The van der Waals surface area contributed by atoms with Gasteiger partial charge in [0.05, 0.1) is 17.6 Å². The molecule has 13 heavy (non-hydrogen) atoms. The van der Waals surface area contributed by atoms with E-state index in [4.69, 9.17) is 10.8 Å². The fraction of sp³-hybridized carbons (Fsp3) is 1.00. The number of aliphatic hydroxyl groups excluding tert-OH is 1. The monoisotopic (exact) mass is 207 g/mol. The fourth-order valence-electron chi connectivity index (χ4n) is 1.80. The predicted molar refractivity (Wildman–Crippen MR) is 51.1 cm³/mol. The zero-order chi connectivity index (χ0) is 9.90. The Morgan fingerprint density at radius 2 is 2.08 bits per heavy atom. The van der Waals surface area contributed by atoms with Crippen molar-refractivity contribution in [3.05, 3.63) is 0 Å². The molecule has 0 spiro atoms. The SMILES string of the molecule is NC1CCCC(S(=O)(=O)CCO)C1. The molecule has 1 saturated carbocycles. The number of rotatable bonds is 3. The zero-order valence-electron chi connectivity index (χ0n) is 7.65. The van der Waals surface area contributed by atoms with Crippen LogP contribution in [0.3, 0.4) is 0 Å². The summed E-state index contributed by atoms with van der Waals surface area (Å²) in [6.07, 6.45) is 3.07. The maximum Gasteiger partial charge on any atom is 0.155 e. The third kappa shape index (κ3) is 2.93. The molecule has 1 aliphatic carbocycles. The van der Waals surface area contributed by atoms with Crippen LogP contribution in [0.2, 0.25) is 0 Å². The first-order valence-electron chi connectivity index (χ1n) is 4.64. The highest BCUT2D eigenvalue weighted by Crippen LogP contribution is 2.23. The van der Waals surface area contributed by atoms with E-state index in [9.17, 15) is 8.42 Å². The quantitative estimate of drug-likeness (QED) is 0.663. The van der Waals surface area contributed by atoms with Gasteiger partial charge in [0.2, 0.25) is 0 Å². The minimum atomic E-state index is -3.10. The van der Waals surface area contributed by atoms with E-state index in [-0.39, 0.29) is 23.7 Å². The first-order chi connectivity index (χ1) is 6.06. The van der Waals surface area contributed by atoms with Gasteiger partial charge >= 0.3 is 0 Å². The van der Waals surface area contributed by atoms with E-state index < -0.39 is 9.84 Å². The number of aliphatic hydroxyl groups is 1. The summed E-state index contributed by atoms with van der Waals surface area (Å²) in [5, 5.41) is 8.27. The molecule has 0 aromatic rings. The molecule has 78 valence electrons. The summed E-state index contributed by atoms with van der Waals surface area (Å²) in [5.74, 6) is -0.121. The van der Waals surface area contributed by atoms with Crippen molar-refractivity contribution in [3.63, 3.8) is 0 Å². The summed E-state index contributed by atoms with van der Waals surface area (Å²) >= 11 is 0. The molecule has 0 aromatic heterocycles. The molecule has 5 heteroatoms. The van der Waals surface area contributed by atoms with Crippen molar-refractivity contribution in [2.45, 2.75) is 37.0 Å². The predicted octanol–water partition coefficient (Wildman–Crippen LogP) is -0.337. The molecule has 0 amide bonds. The summed E-state index contributed by atoms with van der Waals surface area (Å²) in [7, 11) is -3.10. The van der Waals surface area contributed by atoms with Crippen molar-refractivity contribution >= 4 is 9.84 Å². The minimum Gasteiger partial charge on any atom is -0.395 e. The van der Waals surface area contributed by atoms with Gasteiger partial charge in [-0.3, -0.25) is 0 Å². The molecular formula is C8H17NO3S. The van der Waals surface area contributed by atoms with Crippen LogP contribution in [-0.2, 0) is 9.84 Å². The maximum atomic E-state index is 11.5. The van der Waals surface area contributed by atoms with Crippen LogP contribution in [0.5, 0.6) is 0 Å². The topological polar surface area (TPSA) is 80.4 Å². The third-order valence-corrected chi connectivity index (χ3v) is 4.75. The molecule has 3 N–H and O–H groups in total. The summed E-state index contributed by atoms with van der Waals surface area (Å²) in [6.45, 7) is -0.284. The van der Waals surface area contributed by atoms with Crippen LogP contribution in [-0.4, -0.2) is 37.2 Å². The van der Waals surface area contributed by atoms with E-state index in [0.29, 0.717) is 12.8 Å². The van der Waals surface area contributed by atoms with E-state index in [1.807, 2.05) is 0 Å². The average molecular weight is 207 g/mol. The van der Waals surface area contributed by atoms with Gasteiger partial charge in [-0.2, -0.15) is 0 Å². The Balaban J connectivity index is 2.60. The van der Waals surface area contributed by atoms with E-state index in [1.54, 1.807) is 0 Å². The van der Waals surface area contributed by atoms with Gasteiger partial charge in [0, 0.05) is 6.04 Å². The lowest BCUT2D eigenvalue weighted by atomic mass is 9.96. The van der Waals surface area contributed by atoms with Crippen LogP contribution in [0.25, 0.3) is 0 Å². The maximum absolute atomic E-state index is 11.5.